The molecule has 1 heterocycles. The number of nitrogen functional groups attached to an aromatic ring is 1. The second kappa shape index (κ2) is 4.41. The molecule has 0 spiro atoms. The number of anilines is 2. The number of nitrogens with one attached hydrogen (secondary N) is 1. The van der Waals surface area contributed by atoms with Crippen LogP contribution in [0.15, 0.2) is 42.9 Å². The molecular weight excluding hydrogens is 188 g/mol. The van der Waals surface area contributed by atoms with E-state index in [0.29, 0.717) is 6.54 Å². The molecule has 1 aromatic carbocycles. The van der Waals surface area contributed by atoms with Crippen LogP contribution in [-0.4, -0.2) is 9.97 Å². The van der Waals surface area contributed by atoms with E-state index in [1.807, 2.05) is 30.3 Å². The monoisotopic (exact) mass is 200 g/mol. The number of nitrogens with zero attached hydrogens (tertiary/aromatic N) is 2. The largest absolute Gasteiger partial charge is 0.398 e. The van der Waals surface area contributed by atoms with Crippen LogP contribution >= 0.6 is 0 Å². The molecule has 0 unspecified atom stereocenters. The van der Waals surface area contributed by atoms with Gasteiger partial charge in [0, 0.05) is 18.4 Å². The molecule has 0 radical (unpaired) electrons. The Labute approximate surface area is 88.2 Å². The summed E-state index contributed by atoms with van der Waals surface area (Å²) in [5, 5.41) is 3.17. The molecule has 15 heavy (non-hydrogen) atoms. The first-order chi connectivity index (χ1) is 7.36. The molecule has 0 aliphatic rings. The van der Waals surface area contributed by atoms with Gasteiger partial charge >= 0.3 is 0 Å². The van der Waals surface area contributed by atoms with E-state index in [1.165, 1.54) is 6.33 Å². The van der Waals surface area contributed by atoms with Crippen molar-refractivity contribution >= 4 is 11.5 Å². The zero-order valence-corrected chi connectivity index (χ0v) is 8.22. The predicted octanol–water partition coefficient (Wildman–Crippen LogP) is 1.67. The highest BCUT2D eigenvalue weighted by atomic mass is 15.0. The van der Waals surface area contributed by atoms with Gasteiger partial charge in [0.05, 0.1) is 0 Å². The van der Waals surface area contributed by atoms with Crippen LogP contribution in [0.1, 0.15) is 5.56 Å². The minimum atomic E-state index is 0.670. The maximum atomic E-state index is 5.81. The van der Waals surface area contributed by atoms with Gasteiger partial charge in [-0.05, 0) is 17.7 Å². The molecule has 2 aromatic rings. The van der Waals surface area contributed by atoms with E-state index in [2.05, 4.69) is 15.3 Å². The number of benzene rings is 1. The van der Waals surface area contributed by atoms with Crippen molar-refractivity contribution in [1.29, 1.82) is 0 Å². The third-order valence-electron chi connectivity index (χ3n) is 2.10. The summed E-state index contributed by atoms with van der Waals surface area (Å²) in [6.07, 6.45) is 3.21. The van der Waals surface area contributed by atoms with Crippen molar-refractivity contribution in [3.63, 3.8) is 0 Å². The second-order valence-corrected chi connectivity index (χ2v) is 3.15. The van der Waals surface area contributed by atoms with Gasteiger partial charge in [-0.25, -0.2) is 9.97 Å². The SMILES string of the molecule is Nc1ccccc1CNc1ccncn1. The Bertz CT molecular complexity index is 428. The van der Waals surface area contributed by atoms with Crippen LogP contribution in [-0.2, 0) is 6.54 Å². The zero-order chi connectivity index (χ0) is 10.5. The number of aromatic nitrogens is 2. The number of rotatable bonds is 3. The number of nitrogens with two attached hydrogens (primary N) is 1. The molecule has 0 amide bonds. The third-order valence-corrected chi connectivity index (χ3v) is 2.10. The van der Waals surface area contributed by atoms with E-state index in [1.54, 1.807) is 6.20 Å². The van der Waals surface area contributed by atoms with Crippen molar-refractivity contribution in [2.75, 3.05) is 11.1 Å². The topological polar surface area (TPSA) is 63.8 Å². The van der Waals surface area contributed by atoms with E-state index in [4.69, 9.17) is 5.73 Å². The van der Waals surface area contributed by atoms with E-state index in [9.17, 15) is 0 Å². The summed E-state index contributed by atoms with van der Waals surface area (Å²) >= 11 is 0. The Balaban J connectivity index is 2.03. The van der Waals surface area contributed by atoms with Crippen molar-refractivity contribution in [2.24, 2.45) is 0 Å². The van der Waals surface area contributed by atoms with Gasteiger partial charge in [-0.2, -0.15) is 0 Å². The Morgan fingerprint density at radius 1 is 1.20 bits per heavy atom. The van der Waals surface area contributed by atoms with Crippen molar-refractivity contribution in [2.45, 2.75) is 6.54 Å². The van der Waals surface area contributed by atoms with Gasteiger partial charge in [0.25, 0.3) is 0 Å². The lowest BCUT2D eigenvalue weighted by molar-refractivity contribution is 1.08. The normalized spacial score (nSPS) is 9.87. The van der Waals surface area contributed by atoms with Crippen LogP contribution in [0, 0.1) is 0 Å². The lowest BCUT2D eigenvalue weighted by Crippen LogP contribution is -2.03. The molecule has 0 bridgehead atoms. The van der Waals surface area contributed by atoms with Gasteiger partial charge in [0.15, 0.2) is 0 Å². The fourth-order valence-corrected chi connectivity index (χ4v) is 1.28. The molecule has 4 heteroatoms. The quantitative estimate of drug-likeness (QED) is 0.740. The molecule has 3 N–H and O–H groups in total. The highest BCUT2D eigenvalue weighted by Crippen LogP contribution is 2.11. The Kier molecular flexibility index (Phi) is 2.78. The molecule has 0 aliphatic heterocycles. The first kappa shape index (κ1) is 9.45. The van der Waals surface area contributed by atoms with Gasteiger partial charge in [-0.15, -0.1) is 0 Å². The molecule has 0 atom stereocenters. The van der Waals surface area contributed by atoms with Crippen LogP contribution in [0.2, 0.25) is 0 Å². The predicted molar refractivity (Wildman–Crippen MR) is 60.2 cm³/mol. The Morgan fingerprint density at radius 3 is 2.80 bits per heavy atom. The molecule has 4 nitrogen and oxygen atoms in total. The number of hydrogen-bond acceptors (Lipinski definition) is 4. The summed E-state index contributed by atoms with van der Waals surface area (Å²) in [6, 6.07) is 9.58. The van der Waals surface area contributed by atoms with Crippen LogP contribution in [0.3, 0.4) is 0 Å². The molecule has 0 saturated carbocycles. The molecule has 76 valence electrons. The lowest BCUT2D eigenvalue weighted by Gasteiger charge is -2.07. The van der Waals surface area contributed by atoms with Crippen LogP contribution in [0.5, 0.6) is 0 Å². The summed E-state index contributed by atoms with van der Waals surface area (Å²) in [4.78, 5) is 7.90. The summed E-state index contributed by atoms with van der Waals surface area (Å²) in [5.41, 5.74) is 7.67. The van der Waals surface area contributed by atoms with Crippen LogP contribution < -0.4 is 11.1 Å². The maximum Gasteiger partial charge on any atom is 0.129 e. The maximum absolute atomic E-state index is 5.81. The average Bonchev–Trinajstić information content (AvgIpc) is 2.29. The first-order valence-electron chi connectivity index (χ1n) is 4.69. The molecule has 0 aliphatic carbocycles. The highest BCUT2D eigenvalue weighted by Gasteiger charge is 1.97. The minimum absolute atomic E-state index is 0.670. The van der Waals surface area contributed by atoms with Gasteiger partial charge in [0.2, 0.25) is 0 Å². The minimum Gasteiger partial charge on any atom is -0.398 e. The fourth-order valence-electron chi connectivity index (χ4n) is 1.28. The zero-order valence-electron chi connectivity index (χ0n) is 8.22. The first-order valence-corrected chi connectivity index (χ1v) is 4.69. The van der Waals surface area contributed by atoms with Crippen molar-refractivity contribution < 1.29 is 0 Å². The second-order valence-electron chi connectivity index (χ2n) is 3.15. The van der Waals surface area contributed by atoms with Gasteiger partial charge in [-0.1, -0.05) is 18.2 Å². The van der Waals surface area contributed by atoms with Gasteiger partial charge in [-0.3, -0.25) is 0 Å². The number of hydrogen-bond donors (Lipinski definition) is 2. The van der Waals surface area contributed by atoms with Crippen LogP contribution in [0.4, 0.5) is 11.5 Å². The van der Waals surface area contributed by atoms with Crippen molar-refractivity contribution in [3.05, 3.63) is 48.4 Å². The van der Waals surface area contributed by atoms with E-state index in [0.717, 1.165) is 17.1 Å². The van der Waals surface area contributed by atoms with Crippen molar-refractivity contribution in [1.82, 2.24) is 9.97 Å². The average molecular weight is 200 g/mol. The Hall–Kier alpha value is -2.10. The molecule has 0 saturated heterocycles. The van der Waals surface area contributed by atoms with E-state index in [-0.39, 0.29) is 0 Å². The number of para-hydroxylation sites is 1. The lowest BCUT2D eigenvalue weighted by atomic mass is 10.2. The van der Waals surface area contributed by atoms with Gasteiger partial charge < -0.3 is 11.1 Å². The Morgan fingerprint density at radius 2 is 2.07 bits per heavy atom. The summed E-state index contributed by atoms with van der Waals surface area (Å²) < 4.78 is 0. The highest BCUT2D eigenvalue weighted by molar-refractivity contribution is 5.48. The summed E-state index contributed by atoms with van der Waals surface area (Å²) in [6.45, 7) is 0.670. The van der Waals surface area contributed by atoms with Crippen molar-refractivity contribution in [3.8, 4) is 0 Å². The third kappa shape index (κ3) is 2.43. The van der Waals surface area contributed by atoms with Gasteiger partial charge in [0.1, 0.15) is 12.1 Å². The molecular formula is C11H12N4. The summed E-state index contributed by atoms with van der Waals surface area (Å²) in [5.74, 6) is 0.799. The molecule has 0 fully saturated rings. The molecule has 1 aromatic heterocycles. The smallest absolute Gasteiger partial charge is 0.129 e. The molecule has 2 rings (SSSR count). The standard InChI is InChI=1S/C11H12N4/c12-10-4-2-1-3-9(10)7-14-11-5-6-13-8-15-11/h1-6,8H,7,12H2,(H,13,14,15). The van der Waals surface area contributed by atoms with E-state index < -0.39 is 0 Å². The van der Waals surface area contributed by atoms with E-state index >= 15 is 0 Å². The fraction of sp³-hybridized carbons (Fsp3) is 0.0909. The van der Waals surface area contributed by atoms with Crippen LogP contribution in [0.25, 0.3) is 0 Å². The summed E-state index contributed by atoms with van der Waals surface area (Å²) in [7, 11) is 0.